The number of nitrogens with one attached hydrogen (secondary N) is 1. The number of fused-ring (bicyclic) bond motifs is 1. The van der Waals surface area contributed by atoms with Crippen LogP contribution in [0, 0.1) is 20.8 Å². The third-order valence-corrected chi connectivity index (χ3v) is 4.83. The van der Waals surface area contributed by atoms with Crippen LogP contribution in [-0.4, -0.2) is 33.4 Å². The lowest BCUT2D eigenvalue weighted by Crippen LogP contribution is -2.31. The van der Waals surface area contributed by atoms with Crippen molar-refractivity contribution in [1.82, 2.24) is 14.9 Å². The van der Waals surface area contributed by atoms with Crippen LogP contribution in [0.2, 0.25) is 0 Å². The molecular formula is C19H18F3N5O. The summed E-state index contributed by atoms with van der Waals surface area (Å²) in [4.78, 5) is 3.97. The Morgan fingerprint density at radius 3 is 2.50 bits per heavy atom. The van der Waals surface area contributed by atoms with E-state index < -0.39 is 11.9 Å². The van der Waals surface area contributed by atoms with Gasteiger partial charge >= 0.3 is 6.18 Å². The second-order valence-electron chi connectivity index (χ2n) is 6.83. The molecule has 0 aliphatic carbocycles. The predicted octanol–water partition coefficient (Wildman–Crippen LogP) is 4.73. The second-order valence-corrected chi connectivity index (χ2v) is 6.83. The molecule has 1 aromatic carbocycles. The molecule has 0 fully saturated rings. The van der Waals surface area contributed by atoms with Crippen molar-refractivity contribution in [1.29, 1.82) is 0 Å². The maximum Gasteiger partial charge on any atom is 0.431 e. The van der Waals surface area contributed by atoms with E-state index in [1.165, 1.54) is 0 Å². The van der Waals surface area contributed by atoms with Crippen LogP contribution in [-0.2, 0) is 7.05 Å². The number of anilines is 1. The monoisotopic (exact) mass is 389 g/mol. The number of hydrogen-bond donors (Lipinski definition) is 1. The van der Waals surface area contributed by atoms with E-state index in [4.69, 9.17) is 4.52 Å². The molecule has 4 rings (SSSR count). The fourth-order valence-corrected chi connectivity index (χ4v) is 3.56. The van der Waals surface area contributed by atoms with E-state index in [-0.39, 0.29) is 12.2 Å². The number of alkyl halides is 3. The number of aromatic nitrogens is 3. The number of rotatable bonds is 2. The Labute approximate surface area is 159 Å². The minimum atomic E-state index is -4.50. The first-order valence-electron chi connectivity index (χ1n) is 8.65. The summed E-state index contributed by atoms with van der Waals surface area (Å²) >= 11 is 0. The first kappa shape index (κ1) is 18.3. The molecule has 0 radical (unpaired) electrons. The molecule has 0 spiro atoms. The molecule has 0 unspecified atom stereocenters. The molecule has 146 valence electrons. The van der Waals surface area contributed by atoms with Gasteiger partial charge in [-0.05, 0) is 44.0 Å². The lowest BCUT2D eigenvalue weighted by molar-refractivity contribution is -0.0594. The Bertz CT molecular complexity index is 1070. The van der Waals surface area contributed by atoms with Crippen molar-refractivity contribution in [3.8, 4) is 22.4 Å². The van der Waals surface area contributed by atoms with Gasteiger partial charge in [-0.1, -0.05) is 5.16 Å². The largest absolute Gasteiger partial charge is 0.431 e. The molecule has 0 atom stereocenters. The van der Waals surface area contributed by atoms with Gasteiger partial charge in [0.15, 0.2) is 0 Å². The molecule has 2 aromatic heterocycles. The summed E-state index contributed by atoms with van der Waals surface area (Å²) in [6, 6.07) is 3.60. The summed E-state index contributed by atoms with van der Waals surface area (Å²) in [5, 5.41) is 11.1. The van der Waals surface area contributed by atoms with Crippen LogP contribution in [0.4, 0.5) is 24.5 Å². The zero-order valence-electron chi connectivity index (χ0n) is 15.8. The Morgan fingerprint density at radius 1 is 1.18 bits per heavy atom. The van der Waals surface area contributed by atoms with E-state index in [9.17, 15) is 13.2 Å². The third kappa shape index (κ3) is 2.87. The number of aryl methyl sites for hydroxylation is 4. The topological polar surface area (TPSA) is 68.2 Å². The number of nitrogens with zero attached hydrogens (tertiary/aromatic N) is 4. The highest BCUT2D eigenvalue weighted by molar-refractivity contribution is 6.03. The smallest absolute Gasteiger partial charge is 0.378 e. The quantitative estimate of drug-likeness (QED) is 0.688. The van der Waals surface area contributed by atoms with Crippen LogP contribution in [0.1, 0.15) is 17.0 Å². The number of halogens is 3. The highest BCUT2D eigenvalue weighted by Gasteiger charge is 2.38. The molecule has 1 aliphatic heterocycles. The minimum Gasteiger partial charge on any atom is -0.378 e. The molecule has 0 saturated carbocycles. The third-order valence-electron chi connectivity index (χ3n) is 4.83. The van der Waals surface area contributed by atoms with Gasteiger partial charge in [-0.25, -0.2) is 4.99 Å². The standard InChI is InChI=1S/C19H18F3N5O/c1-9-7-24-27(4)18(9)13-5-12(16-10(2)26-28-11(16)3)6-14-17(13)25-15(8-23-14)19(20,21)22/h5-7,23H,8H2,1-4H3. The van der Waals surface area contributed by atoms with Gasteiger partial charge in [0.2, 0.25) is 0 Å². The molecule has 0 saturated heterocycles. The lowest BCUT2D eigenvalue weighted by Gasteiger charge is -2.23. The maximum atomic E-state index is 13.3. The molecule has 3 aromatic rings. The van der Waals surface area contributed by atoms with Crippen LogP contribution in [0.5, 0.6) is 0 Å². The van der Waals surface area contributed by atoms with Gasteiger partial charge in [0.05, 0.1) is 35.5 Å². The summed E-state index contributed by atoms with van der Waals surface area (Å²) in [6.45, 7) is 5.11. The van der Waals surface area contributed by atoms with Gasteiger partial charge in [-0.3, -0.25) is 4.68 Å². The van der Waals surface area contributed by atoms with E-state index in [0.717, 1.165) is 16.7 Å². The van der Waals surface area contributed by atoms with Crippen LogP contribution in [0.15, 0.2) is 27.8 Å². The first-order valence-corrected chi connectivity index (χ1v) is 8.65. The van der Waals surface area contributed by atoms with Gasteiger partial charge in [0, 0.05) is 18.2 Å². The molecule has 1 N–H and O–H groups in total. The molecular weight excluding hydrogens is 371 g/mol. The summed E-state index contributed by atoms with van der Waals surface area (Å²) in [6.07, 6.45) is -2.82. The van der Waals surface area contributed by atoms with E-state index in [1.807, 2.05) is 19.9 Å². The summed E-state index contributed by atoms with van der Waals surface area (Å²) in [7, 11) is 1.75. The van der Waals surface area contributed by atoms with Gasteiger partial charge in [-0.15, -0.1) is 0 Å². The maximum absolute atomic E-state index is 13.3. The molecule has 1 aliphatic rings. The van der Waals surface area contributed by atoms with Crippen molar-refractivity contribution in [3.63, 3.8) is 0 Å². The average molecular weight is 389 g/mol. The van der Waals surface area contributed by atoms with Gasteiger partial charge in [0.25, 0.3) is 0 Å². The Morgan fingerprint density at radius 2 is 1.93 bits per heavy atom. The van der Waals surface area contributed by atoms with Crippen molar-refractivity contribution in [2.75, 3.05) is 11.9 Å². The molecule has 28 heavy (non-hydrogen) atoms. The second kappa shape index (κ2) is 6.22. The molecule has 0 bridgehead atoms. The van der Waals surface area contributed by atoms with Crippen LogP contribution < -0.4 is 5.32 Å². The van der Waals surface area contributed by atoms with Gasteiger partial charge in [-0.2, -0.15) is 18.3 Å². The van der Waals surface area contributed by atoms with E-state index >= 15 is 0 Å². The van der Waals surface area contributed by atoms with Crippen molar-refractivity contribution in [2.24, 2.45) is 12.0 Å². The highest BCUT2D eigenvalue weighted by atomic mass is 19.4. The van der Waals surface area contributed by atoms with E-state index in [1.54, 1.807) is 30.9 Å². The summed E-state index contributed by atoms with van der Waals surface area (Å²) < 4.78 is 46.7. The fraction of sp³-hybridized carbons (Fsp3) is 0.316. The predicted molar refractivity (Wildman–Crippen MR) is 100.0 cm³/mol. The average Bonchev–Trinajstić information content (AvgIpc) is 3.14. The van der Waals surface area contributed by atoms with Crippen LogP contribution in [0.3, 0.4) is 0 Å². The van der Waals surface area contributed by atoms with E-state index in [2.05, 4.69) is 20.6 Å². The Hall–Kier alpha value is -3.10. The number of hydrogen-bond acceptors (Lipinski definition) is 5. The zero-order valence-corrected chi connectivity index (χ0v) is 15.8. The van der Waals surface area contributed by atoms with Gasteiger partial charge < -0.3 is 9.84 Å². The fourth-order valence-electron chi connectivity index (χ4n) is 3.56. The number of aliphatic imine (C=N–C) groups is 1. The normalized spacial score (nSPS) is 13.9. The zero-order chi connectivity index (χ0) is 20.2. The highest BCUT2D eigenvalue weighted by Crippen LogP contribution is 2.45. The van der Waals surface area contributed by atoms with Gasteiger partial charge in [0.1, 0.15) is 11.5 Å². The van der Waals surface area contributed by atoms with Crippen molar-refractivity contribution >= 4 is 17.1 Å². The lowest BCUT2D eigenvalue weighted by atomic mass is 9.95. The summed E-state index contributed by atoms with van der Waals surface area (Å²) in [5.74, 6) is 0.639. The van der Waals surface area contributed by atoms with Crippen molar-refractivity contribution in [2.45, 2.75) is 26.9 Å². The first-order chi connectivity index (χ1) is 13.2. The molecule has 9 heteroatoms. The Kier molecular flexibility index (Phi) is 4.06. The van der Waals surface area contributed by atoms with Crippen LogP contribution in [0.25, 0.3) is 22.4 Å². The van der Waals surface area contributed by atoms with Crippen molar-refractivity contribution in [3.05, 3.63) is 35.3 Å². The van der Waals surface area contributed by atoms with Crippen molar-refractivity contribution < 1.29 is 17.7 Å². The minimum absolute atomic E-state index is 0.251. The SMILES string of the molecule is Cc1cnn(C)c1-c1cc(-c2c(C)noc2C)cc2c1N=C(C(F)(F)F)CN2. The molecule has 6 nitrogen and oxygen atoms in total. The molecule has 3 heterocycles. The molecule has 0 amide bonds. The van der Waals surface area contributed by atoms with E-state index in [0.29, 0.717) is 28.4 Å². The van der Waals surface area contributed by atoms with Crippen LogP contribution >= 0.6 is 0 Å². The number of benzene rings is 1. The summed E-state index contributed by atoms with van der Waals surface area (Å²) in [5.41, 5.74) is 4.36. The Balaban J connectivity index is 2.02.